The first-order chi connectivity index (χ1) is 11.7. The van der Waals surface area contributed by atoms with Gasteiger partial charge in [0.2, 0.25) is 0 Å². The second-order valence-electron chi connectivity index (χ2n) is 6.32. The number of nitrogens with one attached hydrogen (secondary N) is 2. The van der Waals surface area contributed by atoms with Crippen molar-refractivity contribution in [2.24, 2.45) is 10.9 Å². The third-order valence-corrected chi connectivity index (χ3v) is 4.43. The van der Waals surface area contributed by atoms with Gasteiger partial charge in [-0.1, -0.05) is 12.1 Å². The Morgan fingerprint density at radius 1 is 1.32 bits per heavy atom. The van der Waals surface area contributed by atoms with E-state index < -0.39 is 6.61 Å². The molecular weight excluding hydrogens is 441 g/mol. The highest BCUT2D eigenvalue weighted by atomic mass is 127. The molecule has 1 unspecified atom stereocenters. The Morgan fingerprint density at radius 2 is 2.08 bits per heavy atom. The normalized spacial score (nSPS) is 20.4. The largest absolute Gasteiger partial charge is 0.433 e. The number of rotatable bonds is 6. The van der Waals surface area contributed by atoms with Gasteiger partial charge in [-0.15, -0.1) is 24.0 Å². The van der Waals surface area contributed by atoms with Crippen molar-refractivity contribution in [3.8, 4) is 5.75 Å². The lowest BCUT2D eigenvalue weighted by molar-refractivity contribution is -0.0495. The van der Waals surface area contributed by atoms with Gasteiger partial charge in [-0.3, -0.25) is 4.99 Å². The lowest BCUT2D eigenvalue weighted by atomic mass is 10.2. The molecule has 1 saturated carbocycles. The molecule has 0 aromatic heterocycles. The molecule has 0 radical (unpaired) electrons. The van der Waals surface area contributed by atoms with Crippen LogP contribution in [0.5, 0.6) is 5.75 Å². The second-order valence-corrected chi connectivity index (χ2v) is 6.32. The number of halogens is 3. The van der Waals surface area contributed by atoms with E-state index in [0.717, 1.165) is 37.9 Å². The molecule has 2 aliphatic rings. The quantitative estimate of drug-likeness (QED) is 0.385. The first-order valence-electron chi connectivity index (χ1n) is 8.41. The second kappa shape index (κ2) is 9.40. The number of ether oxygens (including phenoxy) is 1. The molecule has 8 heteroatoms. The zero-order valence-corrected chi connectivity index (χ0v) is 16.6. The van der Waals surface area contributed by atoms with Gasteiger partial charge in [-0.2, -0.15) is 8.78 Å². The average molecular weight is 466 g/mol. The van der Waals surface area contributed by atoms with Crippen LogP contribution in [0, 0.1) is 5.92 Å². The topological polar surface area (TPSA) is 48.9 Å². The van der Waals surface area contributed by atoms with Gasteiger partial charge in [0.25, 0.3) is 0 Å². The average Bonchev–Trinajstić information content (AvgIpc) is 3.28. The summed E-state index contributed by atoms with van der Waals surface area (Å²) in [4.78, 5) is 6.33. The van der Waals surface area contributed by atoms with Crippen molar-refractivity contribution >= 4 is 35.6 Å². The summed E-state index contributed by atoms with van der Waals surface area (Å²) in [6.45, 7) is -0.330. The molecule has 1 aromatic rings. The molecule has 1 aliphatic carbocycles. The van der Waals surface area contributed by atoms with Gasteiger partial charge in [0.15, 0.2) is 5.96 Å². The summed E-state index contributed by atoms with van der Waals surface area (Å²) < 4.78 is 29.8. The maximum absolute atomic E-state index is 12.6. The number of anilines is 1. The predicted molar refractivity (Wildman–Crippen MR) is 106 cm³/mol. The van der Waals surface area contributed by atoms with Gasteiger partial charge in [0.1, 0.15) is 5.75 Å². The van der Waals surface area contributed by atoms with Crippen LogP contribution in [0.4, 0.5) is 14.5 Å². The summed E-state index contributed by atoms with van der Waals surface area (Å²) in [6.07, 6.45) is 3.51. The number of aliphatic imine (C=N–C) groups is 1. The molecule has 3 rings (SSSR count). The molecule has 140 valence electrons. The van der Waals surface area contributed by atoms with E-state index in [1.54, 1.807) is 19.2 Å². The van der Waals surface area contributed by atoms with Gasteiger partial charge in [0.05, 0.1) is 5.69 Å². The minimum absolute atomic E-state index is 0. The lowest BCUT2D eigenvalue weighted by Gasteiger charge is -2.22. The molecule has 0 amide bonds. The van der Waals surface area contributed by atoms with E-state index in [2.05, 4.69) is 25.3 Å². The maximum Gasteiger partial charge on any atom is 0.387 e. The summed E-state index contributed by atoms with van der Waals surface area (Å²) >= 11 is 0. The molecule has 5 nitrogen and oxygen atoms in total. The zero-order chi connectivity index (χ0) is 16.9. The highest BCUT2D eigenvalue weighted by Crippen LogP contribution is 2.31. The van der Waals surface area contributed by atoms with E-state index in [1.165, 1.54) is 12.8 Å². The molecular formula is C17H25F2IN4O. The van der Waals surface area contributed by atoms with E-state index in [0.29, 0.717) is 5.69 Å². The van der Waals surface area contributed by atoms with E-state index in [4.69, 9.17) is 0 Å². The molecule has 2 N–H and O–H groups in total. The fourth-order valence-electron chi connectivity index (χ4n) is 2.96. The van der Waals surface area contributed by atoms with Crippen molar-refractivity contribution in [1.29, 1.82) is 0 Å². The number of nitrogens with zero attached hydrogens (tertiary/aromatic N) is 2. The maximum atomic E-state index is 12.6. The number of hydrogen-bond donors (Lipinski definition) is 2. The molecule has 0 spiro atoms. The summed E-state index contributed by atoms with van der Waals surface area (Å²) in [5.41, 5.74) is 0.711. The summed E-state index contributed by atoms with van der Waals surface area (Å²) in [5, 5.41) is 6.76. The Kier molecular flexibility index (Phi) is 7.52. The Bertz CT molecular complexity index is 584. The van der Waals surface area contributed by atoms with E-state index >= 15 is 0 Å². The fourth-order valence-corrected chi connectivity index (χ4v) is 2.96. The van der Waals surface area contributed by atoms with Crippen molar-refractivity contribution < 1.29 is 13.5 Å². The Hall–Kier alpha value is -1.32. The summed E-state index contributed by atoms with van der Waals surface area (Å²) in [7, 11) is 1.76. The minimum atomic E-state index is -2.81. The van der Waals surface area contributed by atoms with E-state index in [1.807, 2.05) is 12.1 Å². The van der Waals surface area contributed by atoms with Gasteiger partial charge in [0, 0.05) is 32.7 Å². The van der Waals surface area contributed by atoms with Gasteiger partial charge < -0.3 is 20.3 Å². The minimum Gasteiger partial charge on any atom is -0.433 e. The van der Waals surface area contributed by atoms with Crippen molar-refractivity contribution in [3.63, 3.8) is 0 Å². The van der Waals surface area contributed by atoms with Crippen LogP contribution in [0.1, 0.15) is 19.3 Å². The van der Waals surface area contributed by atoms with Crippen LogP contribution in [-0.4, -0.2) is 45.3 Å². The zero-order valence-electron chi connectivity index (χ0n) is 14.3. The molecule has 1 saturated heterocycles. The molecule has 2 fully saturated rings. The van der Waals surface area contributed by atoms with Crippen molar-refractivity contribution in [1.82, 2.24) is 10.6 Å². The van der Waals surface area contributed by atoms with Crippen LogP contribution in [0.25, 0.3) is 0 Å². The Morgan fingerprint density at radius 3 is 2.76 bits per heavy atom. The predicted octanol–water partition coefficient (Wildman–Crippen LogP) is 3.06. The standard InChI is InChI=1S/C17H24F2N4O.HI/c1-20-17(21-10-12-6-7-12)22-13-8-9-23(11-13)14-4-2-3-5-15(14)24-16(18)19;/h2-5,12-13,16H,6-11H2,1H3,(H2,20,21,22);1H. The van der Waals surface area contributed by atoms with Gasteiger partial charge in [-0.05, 0) is 37.3 Å². The molecule has 1 aliphatic heterocycles. The number of para-hydroxylation sites is 2. The number of hydrogen-bond acceptors (Lipinski definition) is 3. The highest BCUT2D eigenvalue weighted by Gasteiger charge is 2.26. The first-order valence-corrected chi connectivity index (χ1v) is 8.41. The first kappa shape index (κ1) is 20.0. The fraction of sp³-hybridized carbons (Fsp3) is 0.588. The third kappa shape index (κ3) is 5.86. The summed E-state index contributed by atoms with van der Waals surface area (Å²) in [6, 6.07) is 7.18. The molecule has 1 heterocycles. The number of guanidine groups is 1. The SMILES string of the molecule is CN=C(NCC1CC1)NC1CCN(c2ccccc2OC(F)F)C1.I. The van der Waals surface area contributed by atoms with Crippen LogP contribution in [0.2, 0.25) is 0 Å². The van der Waals surface area contributed by atoms with Crippen LogP contribution in [-0.2, 0) is 0 Å². The smallest absolute Gasteiger partial charge is 0.387 e. The van der Waals surface area contributed by atoms with Gasteiger partial charge >= 0.3 is 6.61 Å². The lowest BCUT2D eigenvalue weighted by Crippen LogP contribution is -2.45. The van der Waals surface area contributed by atoms with E-state index in [-0.39, 0.29) is 35.8 Å². The van der Waals surface area contributed by atoms with Crippen LogP contribution in [0.15, 0.2) is 29.3 Å². The van der Waals surface area contributed by atoms with Crippen molar-refractivity contribution in [2.75, 3.05) is 31.6 Å². The highest BCUT2D eigenvalue weighted by molar-refractivity contribution is 14.0. The van der Waals surface area contributed by atoms with Crippen LogP contribution < -0.4 is 20.3 Å². The molecule has 1 aromatic carbocycles. The monoisotopic (exact) mass is 466 g/mol. The Labute approximate surface area is 164 Å². The number of benzene rings is 1. The van der Waals surface area contributed by atoms with E-state index in [9.17, 15) is 8.78 Å². The van der Waals surface area contributed by atoms with Crippen molar-refractivity contribution in [3.05, 3.63) is 24.3 Å². The molecule has 1 atom stereocenters. The molecule has 25 heavy (non-hydrogen) atoms. The third-order valence-electron chi connectivity index (χ3n) is 4.43. The van der Waals surface area contributed by atoms with Crippen LogP contribution >= 0.6 is 24.0 Å². The van der Waals surface area contributed by atoms with Crippen LogP contribution in [0.3, 0.4) is 0 Å². The Balaban J connectivity index is 0.00000225. The number of alkyl halides is 2. The van der Waals surface area contributed by atoms with Gasteiger partial charge in [-0.25, -0.2) is 0 Å². The molecule has 0 bridgehead atoms. The summed E-state index contributed by atoms with van der Waals surface area (Å²) in [5.74, 6) is 1.82. The van der Waals surface area contributed by atoms with Crippen molar-refractivity contribution in [2.45, 2.75) is 31.9 Å².